The van der Waals surface area contributed by atoms with Crippen LogP contribution in [0.2, 0.25) is 5.02 Å². The van der Waals surface area contributed by atoms with E-state index in [4.69, 9.17) is 11.6 Å². The molecule has 0 N–H and O–H groups in total. The zero-order valence-corrected chi connectivity index (χ0v) is 17.2. The lowest BCUT2D eigenvalue weighted by atomic mass is 10.1. The molecule has 1 aliphatic rings. The van der Waals surface area contributed by atoms with E-state index in [1.54, 1.807) is 11.8 Å². The van der Waals surface area contributed by atoms with E-state index in [2.05, 4.69) is 10.2 Å². The Morgan fingerprint density at radius 2 is 1.79 bits per heavy atom. The fourth-order valence-corrected chi connectivity index (χ4v) is 4.40. The van der Waals surface area contributed by atoms with Crippen molar-refractivity contribution in [3.63, 3.8) is 0 Å². The largest absolute Gasteiger partial charge is 0.339 e. The van der Waals surface area contributed by atoms with Crippen molar-refractivity contribution >= 4 is 29.3 Å². The molecule has 7 heteroatoms. The van der Waals surface area contributed by atoms with E-state index in [-0.39, 0.29) is 5.91 Å². The Kier molecular flexibility index (Phi) is 5.69. The third-order valence-corrected chi connectivity index (χ3v) is 6.33. The smallest absolute Gasteiger partial charge is 0.253 e. The molecule has 5 nitrogen and oxygen atoms in total. The third-order valence-electron chi connectivity index (χ3n) is 4.91. The Morgan fingerprint density at radius 3 is 2.50 bits per heavy atom. The highest BCUT2D eigenvalue weighted by Gasteiger charge is 2.19. The second-order valence-corrected chi connectivity index (χ2v) is 8.18. The second kappa shape index (κ2) is 8.37. The first-order valence-electron chi connectivity index (χ1n) is 9.29. The van der Waals surface area contributed by atoms with Crippen molar-refractivity contribution in [1.29, 1.82) is 0 Å². The van der Waals surface area contributed by atoms with Crippen molar-refractivity contribution in [3.8, 4) is 11.4 Å². The lowest BCUT2D eigenvalue weighted by Gasteiger charge is -2.15. The van der Waals surface area contributed by atoms with Crippen molar-refractivity contribution < 1.29 is 4.79 Å². The first-order chi connectivity index (χ1) is 13.6. The molecule has 1 aromatic heterocycles. The first-order valence-corrected chi connectivity index (χ1v) is 10.6. The summed E-state index contributed by atoms with van der Waals surface area (Å²) in [5, 5.41) is 10.1. The highest BCUT2D eigenvalue weighted by molar-refractivity contribution is 7.98. The number of carbonyl (C=O) groups excluding carboxylic acids is 1. The molecule has 1 aliphatic heterocycles. The maximum absolute atomic E-state index is 12.4. The molecule has 4 rings (SSSR count). The summed E-state index contributed by atoms with van der Waals surface area (Å²) in [5.41, 5.74) is 2.77. The van der Waals surface area contributed by atoms with E-state index in [9.17, 15) is 4.79 Å². The number of halogens is 1. The number of carbonyl (C=O) groups is 1. The lowest BCUT2D eigenvalue weighted by Crippen LogP contribution is -2.27. The molecule has 0 radical (unpaired) electrons. The van der Waals surface area contributed by atoms with E-state index >= 15 is 0 Å². The number of likely N-dealkylation sites (tertiary alicyclic amines) is 1. The number of aromatic nitrogens is 3. The average molecular weight is 413 g/mol. The van der Waals surface area contributed by atoms with Crippen molar-refractivity contribution in [1.82, 2.24) is 19.7 Å². The van der Waals surface area contributed by atoms with E-state index in [1.807, 2.05) is 65.0 Å². The number of rotatable bonds is 5. The van der Waals surface area contributed by atoms with Crippen molar-refractivity contribution in [2.45, 2.75) is 23.8 Å². The van der Waals surface area contributed by atoms with Crippen LogP contribution in [0.15, 0.2) is 53.7 Å². The molecule has 144 valence electrons. The maximum atomic E-state index is 12.4. The van der Waals surface area contributed by atoms with Gasteiger partial charge in [0.15, 0.2) is 11.0 Å². The molecular formula is C21H21ClN4OS. The van der Waals surface area contributed by atoms with Gasteiger partial charge in [0.25, 0.3) is 5.91 Å². The van der Waals surface area contributed by atoms with Gasteiger partial charge in [0.05, 0.1) is 5.02 Å². The highest BCUT2D eigenvalue weighted by Crippen LogP contribution is 2.29. The fraction of sp³-hybridized carbons (Fsp3) is 0.286. The van der Waals surface area contributed by atoms with E-state index < -0.39 is 0 Å². The minimum Gasteiger partial charge on any atom is -0.339 e. The van der Waals surface area contributed by atoms with Crippen molar-refractivity contribution in [3.05, 3.63) is 64.7 Å². The molecule has 1 fully saturated rings. The molecule has 0 unspecified atom stereocenters. The van der Waals surface area contributed by atoms with Gasteiger partial charge in [-0.15, -0.1) is 10.2 Å². The van der Waals surface area contributed by atoms with Gasteiger partial charge >= 0.3 is 0 Å². The minimum atomic E-state index is 0.134. The Labute approximate surface area is 173 Å². The normalized spacial score (nSPS) is 13.9. The summed E-state index contributed by atoms with van der Waals surface area (Å²) in [4.78, 5) is 14.4. The lowest BCUT2D eigenvalue weighted by molar-refractivity contribution is 0.0793. The molecule has 1 amide bonds. The van der Waals surface area contributed by atoms with Crippen LogP contribution in [-0.2, 0) is 12.8 Å². The molecule has 0 saturated carbocycles. The molecule has 28 heavy (non-hydrogen) atoms. The number of amides is 1. The number of benzene rings is 2. The summed E-state index contributed by atoms with van der Waals surface area (Å²) < 4.78 is 1.96. The number of thioether (sulfide) groups is 1. The average Bonchev–Trinajstić information content (AvgIpc) is 3.37. The second-order valence-electron chi connectivity index (χ2n) is 6.83. The van der Waals surface area contributed by atoms with Gasteiger partial charge in [0.2, 0.25) is 0 Å². The molecule has 0 spiro atoms. The van der Waals surface area contributed by atoms with E-state index in [1.165, 1.54) is 0 Å². The maximum Gasteiger partial charge on any atom is 0.253 e. The number of hydrogen-bond acceptors (Lipinski definition) is 4. The molecule has 0 aliphatic carbocycles. The van der Waals surface area contributed by atoms with Crippen LogP contribution in [0.5, 0.6) is 0 Å². The van der Waals surface area contributed by atoms with Crippen LogP contribution in [-0.4, -0.2) is 38.7 Å². The Morgan fingerprint density at radius 1 is 1.07 bits per heavy atom. The standard InChI is InChI=1S/C21H21ClN4OS/c1-25-19(17-6-2-3-7-18(17)22)23-24-21(25)28-14-15-8-10-16(11-9-15)20(27)26-12-4-5-13-26/h2-3,6-11H,4-5,12-14H2,1H3. The zero-order valence-electron chi connectivity index (χ0n) is 15.6. The quantitative estimate of drug-likeness (QED) is 0.571. The number of nitrogens with zero attached hydrogens (tertiary/aromatic N) is 4. The summed E-state index contributed by atoms with van der Waals surface area (Å²) in [6.07, 6.45) is 2.21. The topological polar surface area (TPSA) is 51.0 Å². The molecule has 0 bridgehead atoms. The van der Waals surface area contributed by atoms with Crippen LogP contribution >= 0.6 is 23.4 Å². The molecule has 0 atom stereocenters. The minimum absolute atomic E-state index is 0.134. The van der Waals surface area contributed by atoms with E-state index in [0.717, 1.165) is 59.4 Å². The van der Waals surface area contributed by atoms with Crippen LogP contribution in [0.25, 0.3) is 11.4 Å². The van der Waals surface area contributed by atoms with Crippen LogP contribution in [0.3, 0.4) is 0 Å². The Hall–Kier alpha value is -2.31. The molecular weight excluding hydrogens is 392 g/mol. The van der Waals surface area contributed by atoms with E-state index in [0.29, 0.717) is 5.02 Å². The predicted octanol–water partition coefficient (Wildman–Crippen LogP) is 4.66. The SMILES string of the molecule is Cn1c(SCc2ccc(C(=O)N3CCCC3)cc2)nnc1-c1ccccc1Cl. The highest BCUT2D eigenvalue weighted by atomic mass is 35.5. The van der Waals surface area contributed by atoms with Gasteiger partial charge < -0.3 is 9.47 Å². The predicted molar refractivity (Wildman–Crippen MR) is 113 cm³/mol. The van der Waals surface area contributed by atoms with Crippen LogP contribution in [0.1, 0.15) is 28.8 Å². The number of hydrogen-bond donors (Lipinski definition) is 0. The molecule has 2 aromatic carbocycles. The van der Waals surface area contributed by atoms with Gasteiger partial charge in [-0.3, -0.25) is 4.79 Å². The Balaban J connectivity index is 1.42. The molecule has 2 heterocycles. The molecule has 3 aromatic rings. The van der Waals surface area contributed by atoms with Crippen LogP contribution in [0.4, 0.5) is 0 Å². The van der Waals surface area contributed by atoms with Gasteiger partial charge in [-0.05, 0) is 42.7 Å². The summed E-state index contributed by atoms with van der Waals surface area (Å²) >= 11 is 7.89. The summed E-state index contributed by atoms with van der Waals surface area (Å²) in [6.45, 7) is 1.74. The van der Waals surface area contributed by atoms with Gasteiger partial charge in [-0.2, -0.15) is 0 Å². The Bertz CT molecular complexity index is 980. The third kappa shape index (κ3) is 3.93. The fourth-order valence-electron chi connectivity index (χ4n) is 3.31. The first kappa shape index (κ1) is 19.0. The van der Waals surface area contributed by atoms with Gasteiger partial charge in [-0.25, -0.2) is 0 Å². The van der Waals surface area contributed by atoms with Gasteiger partial charge in [0, 0.05) is 37.0 Å². The zero-order chi connectivity index (χ0) is 19.5. The summed E-state index contributed by atoms with van der Waals surface area (Å²) in [6, 6.07) is 15.5. The van der Waals surface area contributed by atoms with Gasteiger partial charge in [-0.1, -0.05) is 47.6 Å². The monoisotopic (exact) mass is 412 g/mol. The van der Waals surface area contributed by atoms with Crippen molar-refractivity contribution in [2.75, 3.05) is 13.1 Å². The van der Waals surface area contributed by atoms with Crippen LogP contribution in [0, 0.1) is 0 Å². The van der Waals surface area contributed by atoms with Crippen molar-refractivity contribution in [2.24, 2.45) is 7.05 Å². The van der Waals surface area contributed by atoms with Crippen LogP contribution < -0.4 is 0 Å². The molecule has 1 saturated heterocycles. The summed E-state index contributed by atoms with van der Waals surface area (Å²) in [5.74, 6) is 1.64. The summed E-state index contributed by atoms with van der Waals surface area (Å²) in [7, 11) is 1.94. The van der Waals surface area contributed by atoms with Gasteiger partial charge in [0.1, 0.15) is 0 Å².